The van der Waals surface area contributed by atoms with Crippen molar-refractivity contribution in [1.82, 2.24) is 4.90 Å². The number of hydrogen-bond donors (Lipinski definition) is 0. The van der Waals surface area contributed by atoms with Gasteiger partial charge in [0.25, 0.3) is 0 Å². The average Bonchev–Trinajstić information content (AvgIpc) is 2.78. The fraction of sp³-hybridized carbons (Fsp3) is 0.438. The van der Waals surface area contributed by atoms with E-state index in [1.54, 1.807) is 6.07 Å². The van der Waals surface area contributed by atoms with Crippen molar-refractivity contribution in [2.75, 3.05) is 7.11 Å². The summed E-state index contributed by atoms with van der Waals surface area (Å²) < 4.78 is 10.5. The predicted octanol–water partition coefficient (Wildman–Crippen LogP) is 3.08. The highest BCUT2D eigenvalue weighted by Crippen LogP contribution is 2.28. The van der Waals surface area contributed by atoms with Crippen molar-refractivity contribution < 1.29 is 14.3 Å². The van der Waals surface area contributed by atoms with E-state index < -0.39 is 0 Å². The number of methoxy groups -OCH3 is 1. The first-order valence-electron chi connectivity index (χ1n) is 6.63. The molecule has 0 saturated carbocycles. The summed E-state index contributed by atoms with van der Waals surface area (Å²) in [7, 11) is 1.39. The molecule has 0 saturated heterocycles. The molecule has 4 heteroatoms. The van der Waals surface area contributed by atoms with E-state index in [4.69, 9.17) is 9.47 Å². The van der Waals surface area contributed by atoms with Gasteiger partial charge in [-0.25, -0.2) is 4.79 Å². The zero-order valence-corrected chi connectivity index (χ0v) is 12.5. The van der Waals surface area contributed by atoms with Gasteiger partial charge in [-0.2, -0.15) is 0 Å². The summed E-state index contributed by atoms with van der Waals surface area (Å²) in [6.07, 6.45) is 0. The highest BCUT2D eigenvalue weighted by molar-refractivity contribution is 5.89. The van der Waals surface area contributed by atoms with Gasteiger partial charge in [-0.15, -0.1) is 0 Å². The SMILES string of the molecule is C=C(OC(C)(C)C)N1Cc2ccc(C(=O)OC)cc2C1. The van der Waals surface area contributed by atoms with Gasteiger partial charge in [0.2, 0.25) is 0 Å². The van der Waals surface area contributed by atoms with Crippen LogP contribution in [0.15, 0.2) is 30.7 Å². The molecule has 0 atom stereocenters. The third kappa shape index (κ3) is 3.13. The van der Waals surface area contributed by atoms with E-state index in [0.29, 0.717) is 18.0 Å². The van der Waals surface area contributed by atoms with Gasteiger partial charge in [0.15, 0.2) is 5.88 Å². The van der Waals surface area contributed by atoms with Gasteiger partial charge in [-0.05, 0) is 50.6 Å². The zero-order chi connectivity index (χ0) is 14.9. The van der Waals surface area contributed by atoms with Gasteiger partial charge >= 0.3 is 5.97 Å². The van der Waals surface area contributed by atoms with Gasteiger partial charge in [0.05, 0.1) is 12.7 Å². The monoisotopic (exact) mass is 275 g/mol. The molecule has 1 aliphatic heterocycles. The topological polar surface area (TPSA) is 38.8 Å². The molecular weight excluding hydrogens is 254 g/mol. The van der Waals surface area contributed by atoms with Gasteiger partial charge in [0.1, 0.15) is 5.60 Å². The summed E-state index contributed by atoms with van der Waals surface area (Å²) in [4.78, 5) is 13.6. The molecule has 0 fully saturated rings. The van der Waals surface area contributed by atoms with Crippen LogP contribution in [0, 0.1) is 0 Å². The van der Waals surface area contributed by atoms with E-state index in [1.807, 2.05) is 32.9 Å². The van der Waals surface area contributed by atoms with E-state index >= 15 is 0 Å². The Hall–Kier alpha value is -1.97. The minimum absolute atomic E-state index is 0.261. The fourth-order valence-corrected chi connectivity index (χ4v) is 2.23. The molecular formula is C16H21NO3. The van der Waals surface area contributed by atoms with E-state index in [2.05, 4.69) is 11.5 Å². The van der Waals surface area contributed by atoms with Crippen LogP contribution >= 0.6 is 0 Å². The Balaban J connectivity index is 2.11. The predicted molar refractivity (Wildman–Crippen MR) is 77.0 cm³/mol. The average molecular weight is 275 g/mol. The molecule has 0 unspecified atom stereocenters. The minimum Gasteiger partial charge on any atom is -0.474 e. The molecule has 4 nitrogen and oxygen atoms in total. The van der Waals surface area contributed by atoms with E-state index in [-0.39, 0.29) is 11.6 Å². The number of benzene rings is 1. The Morgan fingerprint density at radius 1 is 1.25 bits per heavy atom. The maximum atomic E-state index is 11.5. The lowest BCUT2D eigenvalue weighted by molar-refractivity contribution is 0.00162. The molecule has 2 rings (SSSR count). The molecule has 1 aromatic carbocycles. The molecule has 0 spiro atoms. The molecule has 1 aromatic rings. The Kier molecular flexibility index (Phi) is 3.75. The van der Waals surface area contributed by atoms with Crippen LogP contribution in [-0.2, 0) is 22.6 Å². The summed E-state index contributed by atoms with van der Waals surface area (Å²) in [5.41, 5.74) is 2.63. The number of rotatable bonds is 3. The lowest BCUT2D eigenvalue weighted by Gasteiger charge is -2.28. The second-order valence-corrected chi connectivity index (χ2v) is 5.94. The van der Waals surface area contributed by atoms with Crippen LogP contribution < -0.4 is 0 Å². The van der Waals surface area contributed by atoms with Crippen LogP contribution in [0.25, 0.3) is 0 Å². The third-order valence-corrected chi connectivity index (χ3v) is 3.13. The molecule has 108 valence electrons. The maximum absolute atomic E-state index is 11.5. The first kappa shape index (κ1) is 14.4. The quantitative estimate of drug-likeness (QED) is 0.627. The Morgan fingerprint density at radius 2 is 1.90 bits per heavy atom. The molecule has 1 aliphatic rings. The molecule has 0 radical (unpaired) electrons. The van der Waals surface area contributed by atoms with Crippen molar-refractivity contribution in [3.05, 3.63) is 47.4 Å². The first-order valence-corrected chi connectivity index (χ1v) is 6.63. The maximum Gasteiger partial charge on any atom is 0.337 e. The van der Waals surface area contributed by atoms with Crippen molar-refractivity contribution >= 4 is 5.97 Å². The lowest BCUT2D eigenvalue weighted by Crippen LogP contribution is -2.26. The zero-order valence-electron chi connectivity index (χ0n) is 12.5. The highest BCUT2D eigenvalue weighted by atomic mass is 16.5. The summed E-state index contributed by atoms with van der Waals surface area (Å²) in [6, 6.07) is 5.64. The minimum atomic E-state index is -0.309. The number of carbonyl (C=O) groups is 1. The molecule has 0 N–H and O–H groups in total. The van der Waals surface area contributed by atoms with Crippen LogP contribution in [-0.4, -0.2) is 23.6 Å². The molecule has 0 bridgehead atoms. The van der Waals surface area contributed by atoms with Crippen molar-refractivity contribution in [2.45, 2.75) is 39.5 Å². The van der Waals surface area contributed by atoms with Gasteiger partial charge < -0.3 is 14.4 Å². The lowest BCUT2D eigenvalue weighted by atomic mass is 10.1. The number of ether oxygens (including phenoxy) is 2. The fourth-order valence-electron chi connectivity index (χ4n) is 2.23. The summed E-state index contributed by atoms with van der Waals surface area (Å²) in [5.74, 6) is 0.351. The van der Waals surface area contributed by atoms with Crippen LogP contribution in [0.5, 0.6) is 0 Å². The number of nitrogens with zero attached hydrogens (tertiary/aromatic N) is 1. The number of hydrogen-bond acceptors (Lipinski definition) is 4. The number of fused-ring (bicyclic) bond motifs is 1. The molecule has 1 heterocycles. The smallest absolute Gasteiger partial charge is 0.337 e. The van der Waals surface area contributed by atoms with E-state index in [1.165, 1.54) is 12.7 Å². The summed E-state index contributed by atoms with van der Waals surface area (Å²) in [6.45, 7) is 11.4. The van der Waals surface area contributed by atoms with Gasteiger partial charge in [-0.1, -0.05) is 6.07 Å². The van der Waals surface area contributed by atoms with Crippen molar-refractivity contribution in [2.24, 2.45) is 0 Å². The van der Waals surface area contributed by atoms with Crippen LogP contribution in [0.3, 0.4) is 0 Å². The van der Waals surface area contributed by atoms with Crippen molar-refractivity contribution in [1.29, 1.82) is 0 Å². The molecule has 0 aromatic heterocycles. The summed E-state index contributed by atoms with van der Waals surface area (Å²) >= 11 is 0. The highest BCUT2D eigenvalue weighted by Gasteiger charge is 2.24. The largest absolute Gasteiger partial charge is 0.474 e. The van der Waals surface area contributed by atoms with Gasteiger partial charge in [0, 0.05) is 13.1 Å². The van der Waals surface area contributed by atoms with Crippen molar-refractivity contribution in [3.8, 4) is 0 Å². The Morgan fingerprint density at radius 3 is 2.50 bits per heavy atom. The molecule has 0 amide bonds. The second-order valence-electron chi connectivity index (χ2n) is 5.94. The van der Waals surface area contributed by atoms with Gasteiger partial charge in [-0.3, -0.25) is 0 Å². The van der Waals surface area contributed by atoms with Crippen LogP contribution in [0.2, 0.25) is 0 Å². The Labute approximate surface area is 120 Å². The van der Waals surface area contributed by atoms with Crippen LogP contribution in [0.4, 0.5) is 0 Å². The number of esters is 1. The third-order valence-electron chi connectivity index (χ3n) is 3.13. The number of carbonyl (C=O) groups excluding carboxylic acids is 1. The standard InChI is InChI=1S/C16H21NO3/c1-11(20-16(2,3)4)17-9-13-7-6-12(15(18)19-5)8-14(13)10-17/h6-8H,1,9-10H2,2-5H3. The van der Waals surface area contributed by atoms with E-state index in [9.17, 15) is 4.79 Å². The van der Waals surface area contributed by atoms with E-state index in [0.717, 1.165) is 12.1 Å². The molecule has 0 aliphatic carbocycles. The second kappa shape index (κ2) is 5.19. The Bertz CT molecular complexity index is 543. The molecule has 20 heavy (non-hydrogen) atoms. The first-order chi connectivity index (χ1) is 9.30. The van der Waals surface area contributed by atoms with Crippen molar-refractivity contribution in [3.63, 3.8) is 0 Å². The van der Waals surface area contributed by atoms with Crippen LogP contribution in [0.1, 0.15) is 42.3 Å². The normalized spacial score (nSPS) is 13.9. The summed E-state index contributed by atoms with van der Waals surface area (Å²) in [5, 5.41) is 0.